The van der Waals surface area contributed by atoms with Crippen LogP contribution in [0.15, 0.2) is 42.9 Å². The highest BCUT2D eigenvalue weighted by atomic mass is 19.1. The van der Waals surface area contributed by atoms with Gasteiger partial charge in [-0.25, -0.2) is 14.4 Å². The number of aromatic amines is 1. The Morgan fingerprint density at radius 1 is 1.19 bits per heavy atom. The van der Waals surface area contributed by atoms with Crippen LogP contribution in [0.4, 0.5) is 10.2 Å². The van der Waals surface area contributed by atoms with E-state index in [1.807, 2.05) is 18.2 Å². The first-order valence-corrected chi connectivity index (χ1v) is 9.00. The van der Waals surface area contributed by atoms with E-state index in [2.05, 4.69) is 37.6 Å². The van der Waals surface area contributed by atoms with Crippen molar-refractivity contribution in [3.8, 4) is 0 Å². The second-order valence-electron chi connectivity index (χ2n) is 6.67. The van der Waals surface area contributed by atoms with Crippen molar-refractivity contribution < 1.29 is 9.13 Å². The van der Waals surface area contributed by atoms with Crippen molar-refractivity contribution >= 4 is 16.9 Å². The van der Waals surface area contributed by atoms with E-state index in [1.54, 1.807) is 6.20 Å². The lowest BCUT2D eigenvalue weighted by atomic mass is 9.91. The largest absolute Gasteiger partial charge is 0.375 e. The van der Waals surface area contributed by atoms with Crippen LogP contribution in [-0.2, 0) is 11.2 Å². The average molecular weight is 355 g/mol. The number of benzene rings is 1. The summed E-state index contributed by atoms with van der Waals surface area (Å²) in [4.78, 5) is 8.38. The van der Waals surface area contributed by atoms with E-state index in [1.165, 1.54) is 11.9 Å². The van der Waals surface area contributed by atoms with Crippen molar-refractivity contribution in [2.45, 2.75) is 44.0 Å². The molecule has 1 saturated carbocycles. The van der Waals surface area contributed by atoms with Crippen LogP contribution in [0.25, 0.3) is 11.0 Å². The third-order valence-corrected chi connectivity index (χ3v) is 4.87. The average Bonchev–Trinajstić information content (AvgIpc) is 3.14. The Labute approximate surface area is 151 Å². The van der Waals surface area contributed by atoms with E-state index in [4.69, 9.17) is 4.74 Å². The summed E-state index contributed by atoms with van der Waals surface area (Å²) in [6, 6.07) is 10.2. The van der Waals surface area contributed by atoms with Crippen molar-refractivity contribution in [3.63, 3.8) is 0 Å². The molecule has 1 aliphatic rings. The number of nitrogens with one attached hydrogen (secondary N) is 2. The molecule has 0 amide bonds. The molecular formula is C19H22FN5O. The second kappa shape index (κ2) is 7.78. The van der Waals surface area contributed by atoms with Crippen LogP contribution in [0.3, 0.4) is 0 Å². The van der Waals surface area contributed by atoms with Crippen LogP contribution in [0.1, 0.15) is 24.8 Å². The Morgan fingerprint density at radius 2 is 2.08 bits per heavy atom. The normalized spacial score (nSPS) is 23.2. The van der Waals surface area contributed by atoms with Gasteiger partial charge in [-0.2, -0.15) is 5.10 Å². The molecule has 3 aromatic rings. The van der Waals surface area contributed by atoms with Gasteiger partial charge in [-0.1, -0.05) is 30.3 Å². The van der Waals surface area contributed by atoms with Gasteiger partial charge in [-0.15, -0.1) is 0 Å². The number of alkyl halides is 1. The molecule has 0 aliphatic heterocycles. The summed E-state index contributed by atoms with van der Waals surface area (Å²) in [6.07, 6.45) is 4.64. The Balaban J connectivity index is 1.29. The SMILES string of the molecule is F[C@H]1C[C@H](Nc2ncnc3[nH]ncc23)CC[C@@H]1OCCc1ccccc1. The highest BCUT2D eigenvalue weighted by Gasteiger charge is 2.31. The van der Waals surface area contributed by atoms with Gasteiger partial charge in [-0.3, -0.25) is 5.10 Å². The molecule has 1 fully saturated rings. The molecule has 0 saturated heterocycles. The number of H-pyrrole nitrogens is 1. The van der Waals surface area contributed by atoms with Gasteiger partial charge in [0.05, 0.1) is 24.3 Å². The summed E-state index contributed by atoms with van der Waals surface area (Å²) in [5.41, 5.74) is 1.89. The van der Waals surface area contributed by atoms with Crippen molar-refractivity contribution in [2.24, 2.45) is 0 Å². The summed E-state index contributed by atoms with van der Waals surface area (Å²) in [5.74, 6) is 0.699. The maximum Gasteiger partial charge on any atom is 0.160 e. The van der Waals surface area contributed by atoms with Gasteiger partial charge < -0.3 is 10.1 Å². The van der Waals surface area contributed by atoms with Crippen LogP contribution in [0.2, 0.25) is 0 Å². The number of nitrogens with zero attached hydrogens (tertiary/aromatic N) is 3. The van der Waals surface area contributed by atoms with Gasteiger partial charge in [0.2, 0.25) is 0 Å². The molecule has 0 unspecified atom stereocenters. The zero-order valence-corrected chi connectivity index (χ0v) is 14.4. The number of hydrogen-bond acceptors (Lipinski definition) is 5. The number of aromatic nitrogens is 4. The van der Waals surface area contributed by atoms with Crippen LogP contribution in [-0.4, -0.2) is 45.1 Å². The number of fused-ring (bicyclic) bond motifs is 1. The molecule has 136 valence electrons. The number of anilines is 1. The summed E-state index contributed by atoms with van der Waals surface area (Å²) in [7, 11) is 0. The first kappa shape index (κ1) is 16.9. The molecule has 0 bridgehead atoms. The Morgan fingerprint density at radius 3 is 2.92 bits per heavy atom. The maximum atomic E-state index is 14.6. The van der Waals surface area contributed by atoms with E-state index in [0.29, 0.717) is 30.9 Å². The standard InChI is InChI=1S/C19H22FN5O/c20-16-10-14(24-18-15-11-23-25-19(15)22-12-21-18)6-7-17(16)26-9-8-13-4-2-1-3-5-13/h1-5,11-12,14,16-17H,6-10H2,(H2,21,22,23,24,25)/t14-,16+,17+/m1/s1. The molecule has 2 heterocycles. The maximum absolute atomic E-state index is 14.6. The molecule has 1 aromatic carbocycles. The molecule has 1 aliphatic carbocycles. The molecule has 3 atom stereocenters. The zero-order chi connectivity index (χ0) is 17.8. The minimum absolute atomic E-state index is 0.0342. The zero-order valence-electron chi connectivity index (χ0n) is 14.4. The summed E-state index contributed by atoms with van der Waals surface area (Å²) in [6.45, 7) is 0.550. The fraction of sp³-hybridized carbons (Fsp3) is 0.421. The highest BCUT2D eigenvalue weighted by Crippen LogP contribution is 2.28. The van der Waals surface area contributed by atoms with Crippen LogP contribution < -0.4 is 5.32 Å². The Kier molecular flexibility index (Phi) is 5.06. The first-order valence-electron chi connectivity index (χ1n) is 9.00. The molecule has 2 N–H and O–H groups in total. The van der Waals surface area contributed by atoms with Crippen molar-refractivity contribution in [3.05, 3.63) is 48.4 Å². The highest BCUT2D eigenvalue weighted by molar-refractivity contribution is 5.85. The molecule has 6 nitrogen and oxygen atoms in total. The lowest BCUT2D eigenvalue weighted by Crippen LogP contribution is -2.39. The van der Waals surface area contributed by atoms with Gasteiger partial charge in [0.1, 0.15) is 18.3 Å². The molecule has 2 aromatic heterocycles. The molecule has 0 spiro atoms. The van der Waals surface area contributed by atoms with E-state index >= 15 is 0 Å². The molecular weight excluding hydrogens is 333 g/mol. The number of halogens is 1. The van der Waals surface area contributed by atoms with Crippen molar-refractivity contribution in [1.29, 1.82) is 0 Å². The van der Waals surface area contributed by atoms with E-state index < -0.39 is 6.17 Å². The van der Waals surface area contributed by atoms with Crippen LogP contribution in [0.5, 0.6) is 0 Å². The monoisotopic (exact) mass is 355 g/mol. The van der Waals surface area contributed by atoms with Gasteiger partial charge in [-0.05, 0) is 24.8 Å². The van der Waals surface area contributed by atoms with Gasteiger partial charge >= 0.3 is 0 Å². The fourth-order valence-electron chi connectivity index (χ4n) is 3.45. The molecule has 0 radical (unpaired) electrons. The number of hydrogen-bond donors (Lipinski definition) is 2. The van der Waals surface area contributed by atoms with Gasteiger partial charge in [0.15, 0.2) is 5.65 Å². The van der Waals surface area contributed by atoms with E-state index in [0.717, 1.165) is 18.2 Å². The molecule has 26 heavy (non-hydrogen) atoms. The molecule has 4 rings (SSSR count). The third kappa shape index (κ3) is 3.83. The van der Waals surface area contributed by atoms with E-state index in [-0.39, 0.29) is 12.1 Å². The number of rotatable bonds is 6. The predicted octanol–water partition coefficient (Wildman–Crippen LogP) is 3.28. The molecule has 7 heteroatoms. The second-order valence-corrected chi connectivity index (χ2v) is 6.67. The Bertz CT molecular complexity index is 840. The topological polar surface area (TPSA) is 75.7 Å². The van der Waals surface area contributed by atoms with Crippen molar-refractivity contribution in [1.82, 2.24) is 20.2 Å². The summed E-state index contributed by atoms with van der Waals surface area (Å²) < 4.78 is 20.4. The van der Waals surface area contributed by atoms with Crippen molar-refractivity contribution in [2.75, 3.05) is 11.9 Å². The quantitative estimate of drug-likeness (QED) is 0.710. The predicted molar refractivity (Wildman–Crippen MR) is 97.7 cm³/mol. The Hall–Kier alpha value is -2.54. The minimum atomic E-state index is -0.973. The van der Waals surface area contributed by atoms with E-state index in [9.17, 15) is 4.39 Å². The van der Waals surface area contributed by atoms with Crippen LogP contribution in [0, 0.1) is 0 Å². The third-order valence-electron chi connectivity index (χ3n) is 4.87. The lowest BCUT2D eigenvalue weighted by molar-refractivity contribution is -0.0252. The minimum Gasteiger partial charge on any atom is -0.375 e. The summed E-state index contributed by atoms with van der Waals surface area (Å²) >= 11 is 0. The fourth-order valence-corrected chi connectivity index (χ4v) is 3.45. The summed E-state index contributed by atoms with van der Waals surface area (Å²) in [5, 5.41) is 11.0. The lowest BCUT2D eigenvalue weighted by Gasteiger charge is -2.32. The first-order chi connectivity index (χ1) is 12.8. The number of ether oxygens (including phenoxy) is 1. The van der Waals surface area contributed by atoms with Gasteiger partial charge in [0, 0.05) is 12.5 Å². The van der Waals surface area contributed by atoms with Gasteiger partial charge in [0.25, 0.3) is 0 Å². The smallest absolute Gasteiger partial charge is 0.160 e. The van der Waals surface area contributed by atoms with Crippen LogP contribution >= 0.6 is 0 Å².